The van der Waals surface area contributed by atoms with Crippen molar-refractivity contribution < 1.29 is 9.21 Å². The predicted molar refractivity (Wildman–Crippen MR) is 164 cm³/mol. The van der Waals surface area contributed by atoms with E-state index in [9.17, 15) is 4.79 Å². The Kier molecular flexibility index (Phi) is 6.91. The molecule has 42 heavy (non-hydrogen) atoms. The van der Waals surface area contributed by atoms with Crippen LogP contribution in [0.3, 0.4) is 0 Å². The monoisotopic (exact) mass is 559 g/mol. The van der Waals surface area contributed by atoms with Crippen LogP contribution in [0.1, 0.15) is 67.3 Å². The van der Waals surface area contributed by atoms with Gasteiger partial charge in [-0.25, -0.2) is 4.98 Å². The normalized spacial score (nSPS) is 17.6. The molecule has 0 aromatic carbocycles. The zero-order valence-corrected chi connectivity index (χ0v) is 23.3. The highest BCUT2D eigenvalue weighted by atomic mass is 16.3. The molecule has 2 saturated carbocycles. The summed E-state index contributed by atoms with van der Waals surface area (Å²) < 4.78 is 5.34. The van der Waals surface area contributed by atoms with Crippen molar-refractivity contribution in [3.05, 3.63) is 95.0 Å². The fourth-order valence-electron chi connectivity index (χ4n) is 5.84. The van der Waals surface area contributed by atoms with Crippen molar-refractivity contribution in [2.24, 2.45) is 16.6 Å². The van der Waals surface area contributed by atoms with Crippen molar-refractivity contribution in [1.29, 1.82) is 0 Å². The Balaban J connectivity index is 1.21. The number of aliphatic imine (C=N–C) groups is 1. The molecule has 2 fully saturated rings. The average molecular weight is 560 g/mol. The zero-order chi connectivity index (χ0) is 28.5. The largest absolute Gasteiger partial charge is 0.472 e. The minimum absolute atomic E-state index is 0.0713. The number of rotatable bonds is 7. The summed E-state index contributed by atoms with van der Waals surface area (Å²) in [7, 11) is 0. The molecule has 5 heterocycles. The Labute approximate surface area is 243 Å². The van der Waals surface area contributed by atoms with Gasteiger partial charge >= 0.3 is 0 Å². The summed E-state index contributed by atoms with van der Waals surface area (Å²) in [5.41, 5.74) is 16.3. The van der Waals surface area contributed by atoms with E-state index < -0.39 is 0 Å². The number of amides is 1. The molecule has 1 aliphatic heterocycles. The minimum atomic E-state index is 0.0713. The maximum atomic E-state index is 13.1. The van der Waals surface area contributed by atoms with Crippen LogP contribution in [-0.2, 0) is 11.3 Å². The molecule has 9 heteroatoms. The minimum Gasteiger partial charge on any atom is -0.472 e. The zero-order valence-electron chi connectivity index (χ0n) is 23.3. The summed E-state index contributed by atoms with van der Waals surface area (Å²) in [6.07, 6.45) is 22.1. The predicted octanol–water partition coefficient (Wildman–Crippen LogP) is 6.16. The molecule has 5 N–H and O–H groups in total. The molecule has 7 rings (SSSR count). The van der Waals surface area contributed by atoms with Crippen LogP contribution >= 0.6 is 0 Å². The molecule has 0 saturated heterocycles. The van der Waals surface area contributed by atoms with Crippen LogP contribution < -0.4 is 11.1 Å². The Morgan fingerprint density at radius 3 is 2.83 bits per heavy atom. The fourth-order valence-corrected chi connectivity index (χ4v) is 5.84. The van der Waals surface area contributed by atoms with Gasteiger partial charge < -0.3 is 20.5 Å². The first-order valence-electron chi connectivity index (χ1n) is 14.6. The number of H-pyrrole nitrogens is 2. The molecule has 0 radical (unpaired) electrons. The van der Waals surface area contributed by atoms with E-state index in [0.717, 1.165) is 94.5 Å². The Hall–Kier alpha value is -4.92. The summed E-state index contributed by atoms with van der Waals surface area (Å²) in [5.74, 6) is 0.169. The van der Waals surface area contributed by atoms with Crippen LogP contribution in [0.25, 0.3) is 33.6 Å². The molecule has 3 aliphatic rings. The highest BCUT2D eigenvalue weighted by Crippen LogP contribution is 2.35. The van der Waals surface area contributed by atoms with Gasteiger partial charge in [0.25, 0.3) is 0 Å². The molecule has 0 spiro atoms. The number of nitrogens with two attached hydrogens (primary N) is 1. The number of allylic oxidation sites excluding steroid dienone is 5. The van der Waals surface area contributed by atoms with Crippen LogP contribution in [0.4, 0.5) is 0 Å². The third kappa shape index (κ3) is 5.25. The molecule has 4 aromatic rings. The number of hydrogen-bond donors (Lipinski definition) is 4. The Morgan fingerprint density at radius 1 is 1.17 bits per heavy atom. The van der Waals surface area contributed by atoms with E-state index in [1.165, 1.54) is 12.0 Å². The van der Waals surface area contributed by atoms with Gasteiger partial charge in [-0.3, -0.25) is 14.9 Å². The fraction of sp³-hybridized carbons (Fsp3) is 0.273. The maximum Gasteiger partial charge on any atom is 0.227 e. The Morgan fingerprint density at radius 2 is 2.05 bits per heavy atom. The molecular formula is C33H33N7O2. The smallest absolute Gasteiger partial charge is 0.227 e. The second-order valence-electron chi connectivity index (χ2n) is 11.2. The quantitative estimate of drug-likeness (QED) is 0.201. The number of aromatic amines is 2. The van der Waals surface area contributed by atoms with Gasteiger partial charge in [0.2, 0.25) is 5.91 Å². The number of hydrogen-bond acceptors (Lipinski definition) is 6. The lowest BCUT2D eigenvalue weighted by atomic mass is 9.88. The summed E-state index contributed by atoms with van der Waals surface area (Å²) in [5, 5.41) is 11.7. The first-order valence-corrected chi connectivity index (χ1v) is 14.6. The Bertz CT molecular complexity index is 1780. The van der Waals surface area contributed by atoms with Crippen molar-refractivity contribution >= 4 is 34.3 Å². The van der Waals surface area contributed by atoms with Gasteiger partial charge in [-0.1, -0.05) is 24.8 Å². The van der Waals surface area contributed by atoms with Crippen LogP contribution in [-0.4, -0.2) is 32.3 Å². The molecule has 4 aromatic heterocycles. The summed E-state index contributed by atoms with van der Waals surface area (Å²) in [6, 6.07) is 6.10. The lowest BCUT2D eigenvalue weighted by molar-refractivity contribution is -0.125. The van der Waals surface area contributed by atoms with Gasteiger partial charge in [0.15, 0.2) is 5.65 Å². The SMILES string of the molecule is N/C=C(\C=C(/C=C1CC1)NC(=O)C1CCCCC1)c1cnc2n[nH]c(-c3cc4c([nH]3)CN=CC=C4c3ccoc3)c2c1. The average Bonchev–Trinajstić information content (AvgIpc) is 3.37. The summed E-state index contributed by atoms with van der Waals surface area (Å²) in [4.78, 5) is 25.8. The molecule has 2 aliphatic carbocycles. The standard InChI is InChI=1S/C33H33N7O2/c34-16-23(13-25(12-20-6-7-20)37-33(41)21-4-2-1-3-5-21)24-14-28-31(39-40-32(28)36-17-24)29-15-27-26(22-9-11-42-19-22)8-10-35-18-30(27)38-29/h8-17,19,21,38H,1-7,18,34H2,(H,37,41)(H,36,39,40)/b23-16+,25-13+. The topological polar surface area (TPSA) is 138 Å². The van der Waals surface area contributed by atoms with E-state index in [4.69, 9.17) is 10.2 Å². The van der Waals surface area contributed by atoms with Gasteiger partial charge in [0, 0.05) is 63.6 Å². The molecule has 0 unspecified atom stereocenters. The number of nitrogens with zero attached hydrogens (tertiary/aromatic N) is 3. The second kappa shape index (κ2) is 11.2. The number of furan rings is 1. The number of aromatic nitrogens is 4. The summed E-state index contributed by atoms with van der Waals surface area (Å²) in [6.45, 7) is 0.540. The van der Waals surface area contributed by atoms with E-state index in [0.29, 0.717) is 12.2 Å². The number of carbonyl (C=O) groups is 1. The molecule has 0 bridgehead atoms. The van der Waals surface area contributed by atoms with Gasteiger partial charge in [0.05, 0.1) is 30.5 Å². The van der Waals surface area contributed by atoms with E-state index in [2.05, 4.69) is 42.6 Å². The highest BCUT2D eigenvalue weighted by Gasteiger charge is 2.23. The lowest BCUT2D eigenvalue weighted by Gasteiger charge is -2.21. The van der Waals surface area contributed by atoms with Crippen molar-refractivity contribution in [2.75, 3.05) is 0 Å². The number of nitrogens with one attached hydrogen (secondary N) is 3. The number of carbonyl (C=O) groups excluding carboxylic acids is 1. The van der Waals surface area contributed by atoms with Crippen molar-refractivity contribution in [2.45, 2.75) is 51.5 Å². The number of fused-ring (bicyclic) bond motifs is 2. The van der Waals surface area contributed by atoms with Crippen molar-refractivity contribution in [1.82, 2.24) is 25.5 Å². The first-order chi connectivity index (χ1) is 20.7. The molecule has 0 atom stereocenters. The van der Waals surface area contributed by atoms with Crippen LogP contribution in [0, 0.1) is 5.92 Å². The van der Waals surface area contributed by atoms with Gasteiger partial charge in [-0.05, 0) is 67.7 Å². The third-order valence-electron chi connectivity index (χ3n) is 8.26. The van der Waals surface area contributed by atoms with Crippen molar-refractivity contribution in [3.63, 3.8) is 0 Å². The van der Waals surface area contributed by atoms with Gasteiger partial charge in [-0.2, -0.15) is 5.10 Å². The van der Waals surface area contributed by atoms with E-state index in [-0.39, 0.29) is 11.8 Å². The van der Waals surface area contributed by atoms with E-state index in [1.54, 1.807) is 24.9 Å². The first kappa shape index (κ1) is 26.0. The molecular weight excluding hydrogens is 526 g/mol. The van der Waals surface area contributed by atoms with E-state index in [1.807, 2.05) is 30.5 Å². The lowest BCUT2D eigenvalue weighted by Crippen LogP contribution is -2.31. The maximum absolute atomic E-state index is 13.1. The van der Waals surface area contributed by atoms with Gasteiger partial charge in [0.1, 0.15) is 0 Å². The van der Waals surface area contributed by atoms with Crippen LogP contribution in [0.15, 0.2) is 82.0 Å². The van der Waals surface area contributed by atoms with E-state index >= 15 is 0 Å². The highest BCUT2D eigenvalue weighted by molar-refractivity contribution is 5.97. The molecule has 9 nitrogen and oxygen atoms in total. The van der Waals surface area contributed by atoms with Crippen LogP contribution in [0.2, 0.25) is 0 Å². The third-order valence-corrected chi connectivity index (χ3v) is 8.26. The molecule has 1 amide bonds. The second-order valence-corrected chi connectivity index (χ2v) is 11.2. The summed E-state index contributed by atoms with van der Waals surface area (Å²) >= 11 is 0. The number of pyridine rings is 1. The molecule has 212 valence electrons. The van der Waals surface area contributed by atoms with Crippen molar-refractivity contribution in [3.8, 4) is 11.4 Å². The van der Waals surface area contributed by atoms with Gasteiger partial charge in [-0.15, -0.1) is 0 Å². The van der Waals surface area contributed by atoms with Crippen LogP contribution in [0.5, 0.6) is 0 Å².